The van der Waals surface area contributed by atoms with Crippen LogP contribution in [0.15, 0.2) is 42.5 Å². The van der Waals surface area contributed by atoms with Gasteiger partial charge in [-0.05, 0) is 44.0 Å². The third-order valence-electron chi connectivity index (χ3n) is 4.31. The molecule has 0 spiro atoms. The monoisotopic (exact) mass is 390 g/mol. The minimum Gasteiger partial charge on any atom is -0.497 e. The average molecular weight is 391 g/mol. The highest BCUT2D eigenvalue weighted by atomic mass is 32.2. The smallest absolute Gasteiger partial charge is 0.241 e. The summed E-state index contributed by atoms with van der Waals surface area (Å²) in [6.45, 7) is 5.55. The molecule has 0 unspecified atom stereocenters. The van der Waals surface area contributed by atoms with Crippen LogP contribution in [0.4, 0.5) is 5.69 Å². The molecule has 0 saturated heterocycles. The molecule has 0 aliphatic rings. The van der Waals surface area contributed by atoms with Crippen LogP contribution < -0.4 is 14.4 Å². The number of nitrogens with one attached hydrogen (secondary N) is 1. The average Bonchev–Trinajstić information content (AvgIpc) is 2.60. The molecule has 0 saturated carbocycles. The number of rotatable bonds is 7. The van der Waals surface area contributed by atoms with E-state index in [2.05, 4.69) is 5.32 Å². The number of carbonyl (C=O) groups excluding carboxylic acids is 1. The van der Waals surface area contributed by atoms with Gasteiger partial charge < -0.3 is 10.1 Å². The quantitative estimate of drug-likeness (QED) is 0.789. The molecule has 1 amide bonds. The van der Waals surface area contributed by atoms with Crippen molar-refractivity contribution >= 4 is 21.6 Å². The number of sulfonamides is 1. The fourth-order valence-corrected chi connectivity index (χ4v) is 3.74. The minimum atomic E-state index is -3.64. The van der Waals surface area contributed by atoms with E-state index < -0.39 is 10.0 Å². The summed E-state index contributed by atoms with van der Waals surface area (Å²) in [5.41, 5.74) is 3.56. The summed E-state index contributed by atoms with van der Waals surface area (Å²) in [6, 6.07) is 12.4. The first kappa shape index (κ1) is 20.8. The number of methoxy groups -OCH3 is 1. The Morgan fingerprint density at radius 3 is 2.52 bits per heavy atom. The van der Waals surface area contributed by atoms with Gasteiger partial charge in [0.05, 0.1) is 25.1 Å². The number of hydrogen-bond acceptors (Lipinski definition) is 4. The molecule has 146 valence electrons. The molecule has 2 aromatic carbocycles. The van der Waals surface area contributed by atoms with Crippen LogP contribution >= 0.6 is 0 Å². The van der Waals surface area contributed by atoms with E-state index >= 15 is 0 Å². The highest BCUT2D eigenvalue weighted by molar-refractivity contribution is 7.92. The lowest BCUT2D eigenvalue weighted by Gasteiger charge is -2.24. The van der Waals surface area contributed by atoms with Crippen molar-refractivity contribution in [3.63, 3.8) is 0 Å². The number of amides is 1. The van der Waals surface area contributed by atoms with Gasteiger partial charge in [-0.3, -0.25) is 9.10 Å². The third kappa shape index (κ3) is 5.47. The highest BCUT2D eigenvalue weighted by Gasteiger charge is 2.22. The molecule has 0 radical (unpaired) electrons. The first-order valence-corrected chi connectivity index (χ1v) is 10.4. The standard InChI is InChI=1S/C20H26N2O4S/c1-14-9-10-15(2)19(11-14)16(3)21-20(23)13-22(27(5,24)25)17-7-6-8-18(12-17)26-4/h6-12,16H,13H2,1-5H3,(H,21,23)/t16-/m0/s1. The van der Waals surface area contributed by atoms with Crippen LogP contribution in [-0.2, 0) is 14.8 Å². The van der Waals surface area contributed by atoms with Crippen molar-refractivity contribution < 1.29 is 17.9 Å². The summed E-state index contributed by atoms with van der Waals surface area (Å²) in [5.74, 6) is 0.141. The fourth-order valence-electron chi connectivity index (χ4n) is 2.89. The molecule has 2 aromatic rings. The van der Waals surface area contributed by atoms with Crippen molar-refractivity contribution in [1.29, 1.82) is 0 Å². The maximum Gasteiger partial charge on any atom is 0.241 e. The first-order chi connectivity index (χ1) is 12.6. The zero-order chi connectivity index (χ0) is 20.2. The van der Waals surface area contributed by atoms with Crippen molar-refractivity contribution in [3.05, 3.63) is 59.2 Å². The Labute approximate surface area is 161 Å². The number of carbonyl (C=O) groups is 1. The topological polar surface area (TPSA) is 75.7 Å². The van der Waals surface area contributed by atoms with E-state index in [9.17, 15) is 13.2 Å². The second-order valence-corrected chi connectivity index (χ2v) is 8.53. The molecular weight excluding hydrogens is 364 g/mol. The maximum atomic E-state index is 12.6. The number of ether oxygens (including phenoxy) is 1. The molecule has 0 aliphatic carbocycles. The molecule has 6 nitrogen and oxygen atoms in total. The molecule has 0 aromatic heterocycles. The van der Waals surface area contributed by atoms with Crippen LogP contribution in [-0.4, -0.2) is 34.2 Å². The van der Waals surface area contributed by atoms with Gasteiger partial charge in [0.2, 0.25) is 15.9 Å². The molecule has 0 bridgehead atoms. The van der Waals surface area contributed by atoms with Crippen LogP contribution in [0.2, 0.25) is 0 Å². The van der Waals surface area contributed by atoms with Gasteiger partial charge in [-0.2, -0.15) is 0 Å². The lowest BCUT2D eigenvalue weighted by atomic mass is 10.00. The first-order valence-electron chi connectivity index (χ1n) is 8.60. The second kappa shape index (κ2) is 8.43. The largest absolute Gasteiger partial charge is 0.497 e. The van der Waals surface area contributed by atoms with Gasteiger partial charge >= 0.3 is 0 Å². The third-order valence-corrected chi connectivity index (χ3v) is 5.45. The van der Waals surface area contributed by atoms with Gasteiger partial charge in [0.15, 0.2) is 0 Å². The van der Waals surface area contributed by atoms with E-state index in [0.717, 1.165) is 27.3 Å². The lowest BCUT2D eigenvalue weighted by Crippen LogP contribution is -2.41. The van der Waals surface area contributed by atoms with Crippen molar-refractivity contribution in [2.75, 3.05) is 24.2 Å². The van der Waals surface area contributed by atoms with Gasteiger partial charge in [-0.15, -0.1) is 0 Å². The Balaban J connectivity index is 2.20. The zero-order valence-corrected chi connectivity index (χ0v) is 17.1. The second-order valence-electron chi connectivity index (χ2n) is 6.62. The van der Waals surface area contributed by atoms with E-state index in [1.54, 1.807) is 24.3 Å². The number of hydrogen-bond donors (Lipinski definition) is 1. The van der Waals surface area contributed by atoms with Gasteiger partial charge in [0, 0.05) is 6.07 Å². The van der Waals surface area contributed by atoms with Crippen LogP contribution in [0, 0.1) is 13.8 Å². The van der Waals surface area contributed by atoms with Crippen molar-refractivity contribution in [2.24, 2.45) is 0 Å². The minimum absolute atomic E-state index is 0.232. The Bertz CT molecular complexity index is 925. The van der Waals surface area contributed by atoms with Crippen LogP contribution in [0.5, 0.6) is 5.75 Å². The van der Waals surface area contributed by atoms with Gasteiger partial charge in [-0.1, -0.05) is 29.8 Å². The van der Waals surface area contributed by atoms with E-state index in [1.165, 1.54) is 7.11 Å². The fraction of sp³-hybridized carbons (Fsp3) is 0.350. The van der Waals surface area contributed by atoms with E-state index in [0.29, 0.717) is 11.4 Å². The molecule has 27 heavy (non-hydrogen) atoms. The molecule has 2 rings (SSSR count). The van der Waals surface area contributed by atoms with E-state index in [-0.39, 0.29) is 18.5 Å². The lowest BCUT2D eigenvalue weighted by molar-refractivity contribution is -0.120. The number of nitrogens with zero attached hydrogens (tertiary/aromatic N) is 1. The molecule has 1 atom stereocenters. The summed E-state index contributed by atoms with van der Waals surface area (Å²) in [7, 11) is -2.13. The predicted octanol–water partition coefficient (Wildman–Crippen LogP) is 2.96. The molecular formula is C20H26N2O4S. The van der Waals surface area contributed by atoms with Crippen LogP contribution in [0.3, 0.4) is 0 Å². The molecule has 7 heteroatoms. The summed E-state index contributed by atoms with van der Waals surface area (Å²) >= 11 is 0. The van der Waals surface area contributed by atoms with Gasteiger partial charge in [-0.25, -0.2) is 8.42 Å². The zero-order valence-electron chi connectivity index (χ0n) is 16.3. The number of aryl methyl sites for hydroxylation is 2. The molecule has 1 N–H and O–H groups in total. The number of anilines is 1. The van der Waals surface area contributed by atoms with Crippen LogP contribution in [0.1, 0.15) is 29.7 Å². The highest BCUT2D eigenvalue weighted by Crippen LogP contribution is 2.23. The normalized spacial score (nSPS) is 12.3. The van der Waals surface area contributed by atoms with Gasteiger partial charge in [0.1, 0.15) is 12.3 Å². The molecule has 0 aliphatic heterocycles. The van der Waals surface area contributed by atoms with E-state index in [1.807, 2.05) is 39.0 Å². The van der Waals surface area contributed by atoms with Gasteiger partial charge in [0.25, 0.3) is 0 Å². The van der Waals surface area contributed by atoms with E-state index in [4.69, 9.17) is 4.74 Å². The van der Waals surface area contributed by atoms with Crippen molar-refractivity contribution in [1.82, 2.24) is 5.32 Å². The Hall–Kier alpha value is -2.54. The summed E-state index contributed by atoms with van der Waals surface area (Å²) in [5, 5.41) is 2.89. The summed E-state index contributed by atoms with van der Waals surface area (Å²) in [4.78, 5) is 12.6. The Kier molecular flexibility index (Phi) is 6.49. The van der Waals surface area contributed by atoms with Crippen molar-refractivity contribution in [3.8, 4) is 5.75 Å². The Morgan fingerprint density at radius 1 is 1.19 bits per heavy atom. The van der Waals surface area contributed by atoms with Crippen LogP contribution in [0.25, 0.3) is 0 Å². The maximum absolute atomic E-state index is 12.6. The molecule has 0 heterocycles. The Morgan fingerprint density at radius 2 is 1.89 bits per heavy atom. The number of benzene rings is 2. The molecule has 0 fully saturated rings. The SMILES string of the molecule is COc1cccc(N(CC(=O)N[C@@H](C)c2cc(C)ccc2C)S(C)(=O)=O)c1. The predicted molar refractivity (Wildman–Crippen MR) is 108 cm³/mol. The summed E-state index contributed by atoms with van der Waals surface area (Å²) < 4.78 is 30.7. The van der Waals surface area contributed by atoms with Crippen molar-refractivity contribution in [2.45, 2.75) is 26.8 Å². The summed E-state index contributed by atoms with van der Waals surface area (Å²) in [6.07, 6.45) is 1.08.